The molecule has 0 saturated carbocycles. The zero-order valence-corrected chi connectivity index (χ0v) is 5.20. The molecule has 30 valence electrons. The fourth-order valence-electron chi connectivity index (χ4n) is 0. The van der Waals surface area contributed by atoms with Gasteiger partial charge in [0, 0.05) is 17.1 Å². The van der Waals surface area contributed by atoms with Crippen LogP contribution in [0.3, 0.4) is 0 Å². The van der Waals surface area contributed by atoms with Crippen molar-refractivity contribution in [1.82, 2.24) is 0 Å². The Labute approximate surface area is 58.6 Å². The molecule has 0 rings (SSSR count). The van der Waals surface area contributed by atoms with E-state index in [1.807, 2.05) is 0 Å². The second-order valence-corrected chi connectivity index (χ2v) is 0. The van der Waals surface area contributed by atoms with Crippen LogP contribution >= 0.6 is 0 Å². The van der Waals surface area contributed by atoms with Crippen molar-refractivity contribution in [3.05, 3.63) is 0 Å². The fourth-order valence-corrected chi connectivity index (χ4v) is 0. The van der Waals surface area contributed by atoms with Gasteiger partial charge in [0.15, 0.2) is 0 Å². The van der Waals surface area contributed by atoms with Crippen molar-refractivity contribution in [3.8, 4) is 0 Å². The summed E-state index contributed by atoms with van der Waals surface area (Å²) in [7, 11) is 0. The Balaban J connectivity index is 0. The van der Waals surface area contributed by atoms with Crippen molar-refractivity contribution in [2.45, 2.75) is 0 Å². The number of hydrogen-bond donors (Lipinski definition) is 0. The molecule has 0 nitrogen and oxygen atoms in total. The molecule has 0 saturated heterocycles. The van der Waals surface area contributed by atoms with Crippen LogP contribution in [0.5, 0.6) is 0 Å². The third-order valence-corrected chi connectivity index (χ3v) is 0. The van der Waals surface area contributed by atoms with Gasteiger partial charge in [0.2, 0.25) is 0 Å². The number of rotatable bonds is 0. The van der Waals surface area contributed by atoms with Gasteiger partial charge in [0.25, 0.3) is 0 Å². The Morgan fingerprint density at radius 2 is 0.750 bits per heavy atom. The molecule has 0 unspecified atom stereocenters. The predicted molar refractivity (Wildman–Crippen MR) is 0 cm³/mol. The Bertz CT molecular complexity index is 6.00. The summed E-state index contributed by atoms with van der Waals surface area (Å²) in [6, 6.07) is 0. The van der Waals surface area contributed by atoms with Gasteiger partial charge in [-0.05, 0) is 0 Å². The quantitative estimate of drug-likeness (QED) is 0.329. The summed E-state index contributed by atoms with van der Waals surface area (Å²) in [6.07, 6.45) is 0. The molecular formula is Cl2CoMn. The Hall–Kier alpha value is 1.61. The SMILES string of the molecule is [Cl-].[Cl-].[Co+2].[Mn]. The maximum absolute atomic E-state index is 0. The molecule has 0 heterocycles. The van der Waals surface area contributed by atoms with E-state index >= 15 is 0 Å². The van der Waals surface area contributed by atoms with Gasteiger partial charge in [-0.1, -0.05) is 0 Å². The number of halogens is 2. The van der Waals surface area contributed by atoms with E-state index < -0.39 is 0 Å². The first-order valence-corrected chi connectivity index (χ1v) is 0. The van der Waals surface area contributed by atoms with Crippen LogP contribution in [0.2, 0.25) is 0 Å². The van der Waals surface area contributed by atoms with Gasteiger partial charge in [-0.3, -0.25) is 0 Å². The third-order valence-electron chi connectivity index (χ3n) is 0. The van der Waals surface area contributed by atoms with E-state index in [1.165, 1.54) is 0 Å². The van der Waals surface area contributed by atoms with Crippen LogP contribution in [0.25, 0.3) is 0 Å². The smallest absolute Gasteiger partial charge is 1.00 e. The standard InChI is InChI=1S/2ClH.Co.Mn/h2*1H;;/q;;+2;/p-2. The van der Waals surface area contributed by atoms with E-state index in [1.54, 1.807) is 0 Å². The average molecular weight is 185 g/mol. The van der Waals surface area contributed by atoms with E-state index in [0.29, 0.717) is 0 Å². The molecule has 0 aromatic heterocycles. The summed E-state index contributed by atoms with van der Waals surface area (Å²) in [6.45, 7) is 0. The van der Waals surface area contributed by atoms with Crippen LogP contribution in [0, 0.1) is 0 Å². The summed E-state index contributed by atoms with van der Waals surface area (Å²) in [4.78, 5) is 0. The minimum atomic E-state index is 0. The predicted octanol–water partition coefficient (Wildman–Crippen LogP) is -6.00. The first kappa shape index (κ1) is 46.1. The molecule has 2 radical (unpaired) electrons. The van der Waals surface area contributed by atoms with Gasteiger partial charge < -0.3 is 24.8 Å². The second kappa shape index (κ2) is 23.2. The molecule has 0 aliphatic heterocycles. The van der Waals surface area contributed by atoms with Crippen LogP contribution < -0.4 is 24.8 Å². The van der Waals surface area contributed by atoms with Crippen LogP contribution in [-0.2, 0) is 33.8 Å². The first-order chi connectivity index (χ1) is 0. The van der Waals surface area contributed by atoms with Gasteiger partial charge in [-0.15, -0.1) is 0 Å². The molecular weight excluding hydrogens is 185 g/mol. The minimum Gasteiger partial charge on any atom is -1.00 e. The average Bonchev–Trinajstić information content (AvgIpc) is 0. The molecule has 0 fully saturated rings. The normalized spacial score (nSPS) is 0. The second-order valence-electron chi connectivity index (χ2n) is 0. The van der Waals surface area contributed by atoms with Gasteiger partial charge >= 0.3 is 16.8 Å². The fraction of sp³-hybridized carbons (Fsp3) is 0. The summed E-state index contributed by atoms with van der Waals surface area (Å²) < 4.78 is 0. The molecule has 0 N–H and O–H groups in total. The topological polar surface area (TPSA) is 0 Å². The maximum Gasteiger partial charge on any atom is 2.00 e. The van der Waals surface area contributed by atoms with Gasteiger partial charge in [-0.2, -0.15) is 0 Å². The molecule has 0 spiro atoms. The molecule has 0 aliphatic rings. The van der Waals surface area contributed by atoms with Crippen LogP contribution in [0.15, 0.2) is 0 Å². The molecule has 0 atom stereocenters. The Kier molecular flexibility index (Phi) is 268. The summed E-state index contributed by atoms with van der Waals surface area (Å²) >= 11 is 0. The van der Waals surface area contributed by atoms with E-state index in [9.17, 15) is 0 Å². The van der Waals surface area contributed by atoms with Crippen LogP contribution in [0.4, 0.5) is 0 Å². The van der Waals surface area contributed by atoms with Crippen molar-refractivity contribution in [3.63, 3.8) is 0 Å². The third kappa shape index (κ3) is 9.49. The van der Waals surface area contributed by atoms with E-state index in [-0.39, 0.29) is 58.7 Å². The maximum atomic E-state index is 0. The van der Waals surface area contributed by atoms with Gasteiger partial charge in [0.1, 0.15) is 0 Å². The van der Waals surface area contributed by atoms with E-state index in [0.717, 1.165) is 0 Å². The summed E-state index contributed by atoms with van der Waals surface area (Å²) in [5.41, 5.74) is 0. The summed E-state index contributed by atoms with van der Waals surface area (Å²) in [5.74, 6) is 0. The zero-order valence-electron chi connectivity index (χ0n) is 1.47. The van der Waals surface area contributed by atoms with Crippen molar-refractivity contribution < 1.29 is 58.7 Å². The van der Waals surface area contributed by atoms with Crippen molar-refractivity contribution in [2.75, 3.05) is 0 Å². The summed E-state index contributed by atoms with van der Waals surface area (Å²) in [5, 5.41) is 0. The monoisotopic (exact) mass is 184 g/mol. The van der Waals surface area contributed by atoms with Gasteiger partial charge in [-0.25, -0.2) is 0 Å². The van der Waals surface area contributed by atoms with Crippen LogP contribution in [0.1, 0.15) is 0 Å². The van der Waals surface area contributed by atoms with Crippen molar-refractivity contribution >= 4 is 0 Å². The van der Waals surface area contributed by atoms with Crippen molar-refractivity contribution in [2.24, 2.45) is 0 Å². The number of hydrogen-bond acceptors (Lipinski definition) is 0. The zero-order chi connectivity index (χ0) is 0. The molecule has 0 bridgehead atoms. The minimum absolute atomic E-state index is 0. The van der Waals surface area contributed by atoms with E-state index in [4.69, 9.17) is 0 Å². The van der Waals surface area contributed by atoms with E-state index in [2.05, 4.69) is 0 Å². The van der Waals surface area contributed by atoms with Crippen molar-refractivity contribution in [1.29, 1.82) is 0 Å². The Morgan fingerprint density at radius 3 is 0.750 bits per heavy atom. The first-order valence-electron chi connectivity index (χ1n) is 0. The molecule has 0 aromatic rings. The van der Waals surface area contributed by atoms with Crippen LogP contribution in [-0.4, -0.2) is 0 Å². The molecule has 0 aliphatic carbocycles. The molecule has 0 amide bonds. The molecule has 4 heavy (non-hydrogen) atoms. The molecule has 0 aromatic carbocycles. The van der Waals surface area contributed by atoms with Gasteiger partial charge in [0.05, 0.1) is 0 Å². The largest absolute Gasteiger partial charge is 2.00 e. The molecule has 4 heteroatoms. The Morgan fingerprint density at radius 1 is 0.750 bits per heavy atom.